The van der Waals surface area contributed by atoms with E-state index in [-0.39, 0.29) is 41.2 Å². The number of carbonyl (C=O) groups is 1. The second-order valence-electron chi connectivity index (χ2n) is 9.77. The number of carboxylic acids is 1. The van der Waals surface area contributed by atoms with Gasteiger partial charge in [-0.1, -0.05) is 61.8 Å². The van der Waals surface area contributed by atoms with E-state index in [4.69, 9.17) is 11.6 Å². The van der Waals surface area contributed by atoms with Crippen molar-refractivity contribution >= 4 is 39.8 Å². The Bertz CT molecular complexity index is 1310. The Labute approximate surface area is 236 Å². The number of aromatic carboxylic acids is 1. The van der Waals surface area contributed by atoms with Gasteiger partial charge in [-0.25, -0.2) is 13.2 Å². The number of hydrogen-bond acceptors (Lipinski definition) is 5. The maximum absolute atomic E-state index is 13.5. The highest BCUT2D eigenvalue weighted by Crippen LogP contribution is 2.26. The van der Waals surface area contributed by atoms with Crippen LogP contribution in [0.1, 0.15) is 53.9 Å². The summed E-state index contributed by atoms with van der Waals surface area (Å²) >= 11 is 6.00. The molecule has 3 aromatic carbocycles. The fourth-order valence-electron chi connectivity index (χ4n) is 4.33. The van der Waals surface area contributed by atoms with Gasteiger partial charge in [0.1, 0.15) is 0 Å². The first-order valence-electron chi connectivity index (χ1n) is 12.3. The molecule has 0 spiro atoms. The van der Waals surface area contributed by atoms with Crippen molar-refractivity contribution in [3.63, 3.8) is 0 Å². The Hall–Kier alpha value is -2.42. The molecule has 3 aromatic rings. The van der Waals surface area contributed by atoms with Crippen LogP contribution in [0.4, 0.5) is 0 Å². The lowest BCUT2D eigenvalue weighted by atomic mass is 10.0. The molecule has 38 heavy (non-hydrogen) atoms. The molecule has 0 fully saturated rings. The number of hydrogen-bond donors (Lipinski definition) is 3. The first-order chi connectivity index (χ1) is 17.5. The second-order valence-corrected chi connectivity index (χ2v) is 12.4. The van der Waals surface area contributed by atoms with Gasteiger partial charge in [0.05, 0.1) is 21.8 Å². The van der Waals surface area contributed by atoms with Gasteiger partial charge in [-0.15, -0.1) is 12.4 Å². The number of benzene rings is 3. The standard InChI is InChI=1S/C29H34ClNO5S.ClH/c1-19(2)28(16-22-6-4-8-24(15-22)29(33)34)37(35,36)26-12-10-21(11-13-26)14-20(3)31-18-27(32)23-7-5-9-25(30)17-23;/h4-13,15,17,19-20,27-28,31-32H,14,16,18H2,1-3H3,(H,33,34);1H/t20-,27-,28?;/m1./s1. The van der Waals surface area contributed by atoms with E-state index in [9.17, 15) is 23.4 Å². The summed E-state index contributed by atoms with van der Waals surface area (Å²) in [6.45, 7) is 6.11. The summed E-state index contributed by atoms with van der Waals surface area (Å²) in [6.07, 6.45) is 0.217. The minimum atomic E-state index is -3.64. The Morgan fingerprint density at radius 2 is 1.58 bits per heavy atom. The van der Waals surface area contributed by atoms with Crippen LogP contribution in [-0.2, 0) is 22.7 Å². The summed E-state index contributed by atoms with van der Waals surface area (Å²) in [4.78, 5) is 11.6. The monoisotopic (exact) mass is 579 g/mol. The van der Waals surface area contributed by atoms with Gasteiger partial charge in [-0.05, 0) is 78.8 Å². The lowest BCUT2D eigenvalue weighted by Gasteiger charge is -2.22. The number of sulfone groups is 1. The largest absolute Gasteiger partial charge is 0.478 e. The molecule has 3 atom stereocenters. The molecule has 0 amide bonds. The van der Waals surface area contributed by atoms with E-state index in [1.165, 1.54) is 12.1 Å². The van der Waals surface area contributed by atoms with Crippen LogP contribution in [0.15, 0.2) is 77.7 Å². The summed E-state index contributed by atoms with van der Waals surface area (Å²) < 4.78 is 27.0. The molecule has 3 rings (SSSR count). The highest BCUT2D eigenvalue weighted by atomic mass is 35.5. The Morgan fingerprint density at radius 3 is 2.18 bits per heavy atom. The van der Waals surface area contributed by atoms with Crippen molar-refractivity contribution in [1.29, 1.82) is 0 Å². The average Bonchev–Trinajstić information content (AvgIpc) is 2.86. The van der Waals surface area contributed by atoms with Crippen LogP contribution >= 0.6 is 24.0 Å². The number of rotatable bonds is 12. The summed E-state index contributed by atoms with van der Waals surface area (Å²) in [7, 11) is -3.64. The molecule has 0 bridgehead atoms. The van der Waals surface area contributed by atoms with Crippen molar-refractivity contribution in [3.8, 4) is 0 Å². The summed E-state index contributed by atoms with van der Waals surface area (Å²) in [5.41, 5.74) is 2.55. The molecule has 9 heteroatoms. The van der Waals surface area contributed by atoms with E-state index in [1.54, 1.807) is 42.5 Å². The maximum atomic E-state index is 13.5. The SMILES string of the molecule is CC(C)C(Cc1cccc(C(=O)O)c1)S(=O)(=O)c1ccc(C[C@@H](C)NC[C@@H](O)c2cccc(Cl)c2)cc1.Cl. The number of halogens is 2. The molecular formula is C29H35Cl2NO5S. The third-order valence-corrected chi connectivity index (χ3v) is 9.11. The first-order valence-corrected chi connectivity index (χ1v) is 14.2. The normalized spacial score (nSPS) is 13.9. The highest BCUT2D eigenvalue weighted by Gasteiger charge is 2.30. The molecule has 0 heterocycles. The van der Waals surface area contributed by atoms with E-state index in [0.717, 1.165) is 11.1 Å². The first kappa shape index (κ1) is 31.8. The van der Waals surface area contributed by atoms with Crippen LogP contribution in [0, 0.1) is 5.92 Å². The highest BCUT2D eigenvalue weighted by molar-refractivity contribution is 7.92. The van der Waals surface area contributed by atoms with E-state index in [0.29, 0.717) is 23.6 Å². The minimum Gasteiger partial charge on any atom is -0.478 e. The molecule has 3 N–H and O–H groups in total. The van der Waals surface area contributed by atoms with Gasteiger partial charge in [0.15, 0.2) is 9.84 Å². The van der Waals surface area contributed by atoms with Crippen molar-refractivity contribution in [2.45, 2.75) is 55.9 Å². The van der Waals surface area contributed by atoms with Crippen LogP contribution in [0.3, 0.4) is 0 Å². The zero-order valence-electron chi connectivity index (χ0n) is 21.7. The van der Waals surface area contributed by atoms with Gasteiger partial charge in [-0.3, -0.25) is 0 Å². The number of aliphatic hydroxyl groups is 1. The Balaban J connectivity index is 0.00000507. The third kappa shape index (κ3) is 8.55. The van der Waals surface area contributed by atoms with Gasteiger partial charge in [0, 0.05) is 17.6 Å². The summed E-state index contributed by atoms with van der Waals surface area (Å²) in [5, 5.41) is 22.9. The number of nitrogens with one attached hydrogen (secondary N) is 1. The van der Waals surface area contributed by atoms with Crippen molar-refractivity contribution in [3.05, 3.63) is 100 Å². The minimum absolute atomic E-state index is 0. The molecular weight excluding hydrogens is 545 g/mol. The van der Waals surface area contributed by atoms with Crippen LogP contribution in [0.2, 0.25) is 5.02 Å². The van der Waals surface area contributed by atoms with E-state index < -0.39 is 27.2 Å². The fourth-order valence-corrected chi connectivity index (χ4v) is 6.52. The quantitative estimate of drug-likeness (QED) is 0.252. The lowest BCUT2D eigenvalue weighted by Crippen LogP contribution is -2.32. The molecule has 0 aliphatic rings. The average molecular weight is 581 g/mol. The predicted octanol–water partition coefficient (Wildman–Crippen LogP) is 5.76. The van der Waals surface area contributed by atoms with Crippen LogP contribution in [0.25, 0.3) is 0 Å². The molecule has 0 aromatic heterocycles. The molecule has 0 saturated heterocycles. The van der Waals surface area contributed by atoms with Crippen molar-refractivity contribution < 1.29 is 23.4 Å². The zero-order valence-corrected chi connectivity index (χ0v) is 24.1. The Kier molecular flexibility index (Phi) is 11.8. The number of carboxylic acid groups (broad SMARTS) is 1. The maximum Gasteiger partial charge on any atom is 0.335 e. The zero-order chi connectivity index (χ0) is 27.2. The van der Waals surface area contributed by atoms with Crippen LogP contribution in [0.5, 0.6) is 0 Å². The summed E-state index contributed by atoms with van der Waals surface area (Å²) in [5.74, 6) is -1.20. The van der Waals surface area contributed by atoms with Gasteiger partial charge in [-0.2, -0.15) is 0 Å². The van der Waals surface area contributed by atoms with Gasteiger partial charge in [0.25, 0.3) is 0 Å². The summed E-state index contributed by atoms with van der Waals surface area (Å²) in [6, 6.07) is 20.5. The van der Waals surface area contributed by atoms with E-state index in [2.05, 4.69) is 5.32 Å². The predicted molar refractivity (Wildman–Crippen MR) is 154 cm³/mol. The van der Waals surface area contributed by atoms with Crippen molar-refractivity contribution in [2.24, 2.45) is 5.92 Å². The van der Waals surface area contributed by atoms with Crippen LogP contribution in [-0.4, -0.2) is 42.4 Å². The van der Waals surface area contributed by atoms with Crippen LogP contribution < -0.4 is 5.32 Å². The molecule has 0 saturated carbocycles. The molecule has 0 aliphatic heterocycles. The van der Waals surface area contributed by atoms with Gasteiger partial charge < -0.3 is 15.5 Å². The number of aliphatic hydroxyl groups excluding tert-OH is 1. The smallest absolute Gasteiger partial charge is 0.335 e. The van der Waals surface area contributed by atoms with Crippen molar-refractivity contribution in [1.82, 2.24) is 5.32 Å². The molecule has 1 unspecified atom stereocenters. The van der Waals surface area contributed by atoms with Crippen molar-refractivity contribution in [2.75, 3.05) is 6.54 Å². The van der Waals surface area contributed by atoms with E-state index >= 15 is 0 Å². The molecule has 6 nitrogen and oxygen atoms in total. The topological polar surface area (TPSA) is 104 Å². The lowest BCUT2D eigenvalue weighted by molar-refractivity contribution is 0.0696. The molecule has 206 valence electrons. The van der Waals surface area contributed by atoms with E-state index in [1.807, 2.05) is 39.0 Å². The molecule has 0 radical (unpaired) electrons. The third-order valence-electron chi connectivity index (χ3n) is 6.44. The second kappa shape index (κ2) is 14.1. The fraction of sp³-hybridized carbons (Fsp3) is 0.345. The van der Waals surface area contributed by atoms with Gasteiger partial charge in [0.2, 0.25) is 0 Å². The van der Waals surface area contributed by atoms with Gasteiger partial charge >= 0.3 is 5.97 Å². The molecule has 0 aliphatic carbocycles. The Morgan fingerprint density at radius 1 is 0.921 bits per heavy atom.